The lowest BCUT2D eigenvalue weighted by molar-refractivity contribution is -0.146. The number of carbonyl (C=O) groups excluding carboxylic acids is 1. The summed E-state index contributed by atoms with van der Waals surface area (Å²) in [6.07, 6.45) is 7.67. The average Bonchev–Trinajstić information content (AvgIpc) is 3.04. The molecule has 0 atom stereocenters. The minimum Gasteiger partial charge on any atom is -0.467 e. The molecule has 0 N–H and O–H groups in total. The molecule has 0 aliphatic carbocycles. The van der Waals surface area contributed by atoms with Gasteiger partial charge in [-0.05, 0) is 6.42 Å². The Morgan fingerprint density at radius 1 is 0.341 bits per heavy atom. The Balaban J connectivity index is 3.04. The SMILES string of the molecule is CCCCCCCCOCCOCCOCCOCCOCCOCCOCCOCCOCCOCCOCC(=O)OC. The van der Waals surface area contributed by atoms with Crippen molar-refractivity contribution >= 4 is 5.97 Å². The smallest absolute Gasteiger partial charge is 0.331 e. The van der Waals surface area contributed by atoms with Crippen LogP contribution >= 0.6 is 0 Å². The maximum Gasteiger partial charge on any atom is 0.331 e. The first kappa shape index (κ1) is 43.0. The molecule has 13 heteroatoms. The molecule has 0 amide bonds. The van der Waals surface area contributed by atoms with Crippen LogP contribution in [0.3, 0.4) is 0 Å². The van der Waals surface area contributed by atoms with E-state index >= 15 is 0 Å². The summed E-state index contributed by atoms with van der Waals surface area (Å²) in [6, 6.07) is 0. The molecule has 13 nitrogen and oxygen atoms in total. The molecule has 44 heavy (non-hydrogen) atoms. The van der Waals surface area contributed by atoms with Crippen LogP contribution in [0.5, 0.6) is 0 Å². The number of unbranched alkanes of at least 4 members (excludes halogenated alkanes) is 5. The highest BCUT2D eigenvalue weighted by Crippen LogP contribution is 2.04. The second-order valence-electron chi connectivity index (χ2n) is 9.52. The molecule has 0 saturated heterocycles. The van der Waals surface area contributed by atoms with Gasteiger partial charge in [-0.25, -0.2) is 4.79 Å². The van der Waals surface area contributed by atoms with Crippen molar-refractivity contribution in [2.45, 2.75) is 45.4 Å². The first-order chi connectivity index (χ1) is 21.8. The molecule has 0 aromatic rings. The van der Waals surface area contributed by atoms with Gasteiger partial charge in [0.2, 0.25) is 0 Å². The summed E-state index contributed by atoms with van der Waals surface area (Å²) in [5.74, 6) is -0.405. The third-order valence-electron chi connectivity index (χ3n) is 5.81. The van der Waals surface area contributed by atoms with Crippen LogP contribution < -0.4 is 0 Å². The highest BCUT2D eigenvalue weighted by atomic mass is 16.6. The molecule has 0 saturated carbocycles. The van der Waals surface area contributed by atoms with E-state index in [0.717, 1.165) is 13.0 Å². The molecule has 0 fully saturated rings. The summed E-state index contributed by atoms with van der Waals surface area (Å²) in [5.41, 5.74) is 0. The minimum atomic E-state index is -0.405. The van der Waals surface area contributed by atoms with Crippen LogP contribution in [0.1, 0.15) is 45.4 Å². The van der Waals surface area contributed by atoms with E-state index in [4.69, 9.17) is 52.1 Å². The largest absolute Gasteiger partial charge is 0.467 e. The number of rotatable bonds is 39. The van der Waals surface area contributed by atoms with E-state index in [9.17, 15) is 4.79 Å². The predicted molar refractivity (Wildman–Crippen MR) is 164 cm³/mol. The fraction of sp³-hybridized carbons (Fsp3) is 0.968. The molecule has 0 unspecified atom stereocenters. The van der Waals surface area contributed by atoms with Crippen LogP contribution in [0, 0.1) is 0 Å². The van der Waals surface area contributed by atoms with Crippen LogP contribution in [0.2, 0.25) is 0 Å². The molecule has 0 bridgehead atoms. The van der Waals surface area contributed by atoms with E-state index in [1.54, 1.807) is 0 Å². The molecule has 0 rings (SSSR count). The molecule has 0 heterocycles. The van der Waals surface area contributed by atoms with Crippen molar-refractivity contribution in [2.24, 2.45) is 0 Å². The Bertz CT molecular complexity index is 543. The van der Waals surface area contributed by atoms with Gasteiger partial charge in [-0.2, -0.15) is 0 Å². The standard InChI is InChI=1S/C31H62O13/c1-3-4-5-6-7-8-9-34-10-11-35-12-13-36-14-15-37-16-17-38-18-19-39-20-21-40-22-23-41-24-25-42-26-27-43-28-29-44-30-31(32)33-2/h3-30H2,1-2H3. The van der Waals surface area contributed by atoms with Crippen LogP contribution in [0.25, 0.3) is 0 Å². The summed E-state index contributed by atoms with van der Waals surface area (Å²) >= 11 is 0. The number of methoxy groups -OCH3 is 1. The number of carbonyl (C=O) groups is 1. The number of esters is 1. The van der Waals surface area contributed by atoms with Gasteiger partial charge in [0.1, 0.15) is 6.61 Å². The lowest BCUT2D eigenvalue weighted by atomic mass is 10.1. The van der Waals surface area contributed by atoms with E-state index in [2.05, 4.69) is 11.7 Å². The van der Waals surface area contributed by atoms with Crippen molar-refractivity contribution in [3.63, 3.8) is 0 Å². The first-order valence-corrected chi connectivity index (χ1v) is 16.2. The normalized spacial score (nSPS) is 11.4. The van der Waals surface area contributed by atoms with E-state index in [1.807, 2.05) is 0 Å². The first-order valence-electron chi connectivity index (χ1n) is 16.2. The topological polar surface area (TPSA) is 128 Å². The van der Waals surface area contributed by atoms with Crippen molar-refractivity contribution in [3.05, 3.63) is 0 Å². The number of ether oxygens (including phenoxy) is 12. The molecule has 0 aromatic heterocycles. The maximum absolute atomic E-state index is 10.9. The van der Waals surface area contributed by atoms with Gasteiger partial charge < -0.3 is 56.8 Å². The van der Waals surface area contributed by atoms with Crippen LogP contribution in [0.4, 0.5) is 0 Å². The zero-order valence-corrected chi connectivity index (χ0v) is 27.6. The number of hydrogen-bond acceptors (Lipinski definition) is 13. The zero-order valence-electron chi connectivity index (χ0n) is 27.6. The predicted octanol–water partition coefficient (Wildman–Crippen LogP) is 2.70. The van der Waals surface area contributed by atoms with Gasteiger partial charge in [0, 0.05) is 6.61 Å². The van der Waals surface area contributed by atoms with E-state index in [-0.39, 0.29) is 6.61 Å². The van der Waals surface area contributed by atoms with Crippen molar-refractivity contribution in [3.8, 4) is 0 Å². The molecule has 0 aliphatic heterocycles. The monoisotopic (exact) mass is 642 g/mol. The molecular formula is C31H62O13. The highest BCUT2D eigenvalue weighted by molar-refractivity contribution is 5.70. The van der Waals surface area contributed by atoms with E-state index < -0.39 is 5.97 Å². The third-order valence-corrected chi connectivity index (χ3v) is 5.81. The molecule has 0 aromatic carbocycles. The van der Waals surface area contributed by atoms with Crippen molar-refractivity contribution in [1.82, 2.24) is 0 Å². The Morgan fingerprint density at radius 2 is 0.591 bits per heavy atom. The maximum atomic E-state index is 10.9. The van der Waals surface area contributed by atoms with Gasteiger partial charge >= 0.3 is 5.97 Å². The van der Waals surface area contributed by atoms with Gasteiger partial charge in [0.25, 0.3) is 0 Å². The fourth-order valence-electron chi connectivity index (χ4n) is 3.40. The molecule has 264 valence electrons. The third kappa shape index (κ3) is 39.1. The van der Waals surface area contributed by atoms with E-state index in [0.29, 0.717) is 132 Å². The van der Waals surface area contributed by atoms with E-state index in [1.165, 1.54) is 39.2 Å². The number of hydrogen-bond donors (Lipinski definition) is 0. The minimum absolute atomic E-state index is 0.0675. The quantitative estimate of drug-likeness (QED) is 0.0721. The zero-order chi connectivity index (χ0) is 31.9. The van der Waals surface area contributed by atoms with Gasteiger partial charge in [0.15, 0.2) is 0 Å². The molecule has 0 aliphatic rings. The van der Waals surface area contributed by atoms with Crippen LogP contribution in [0.15, 0.2) is 0 Å². The lowest BCUT2D eigenvalue weighted by Gasteiger charge is -2.09. The van der Waals surface area contributed by atoms with Crippen molar-refractivity contribution < 1.29 is 61.6 Å². The second-order valence-corrected chi connectivity index (χ2v) is 9.52. The fourth-order valence-corrected chi connectivity index (χ4v) is 3.40. The second kappa shape index (κ2) is 40.1. The molecule has 0 radical (unpaired) electrons. The Labute approximate surface area is 265 Å². The molecular weight excluding hydrogens is 580 g/mol. The van der Waals surface area contributed by atoms with Gasteiger partial charge in [0.05, 0.1) is 139 Å². The highest BCUT2D eigenvalue weighted by Gasteiger charge is 1.99. The van der Waals surface area contributed by atoms with Crippen LogP contribution in [-0.2, 0) is 61.6 Å². The Hall–Kier alpha value is -0.970. The van der Waals surface area contributed by atoms with Crippen molar-refractivity contribution in [1.29, 1.82) is 0 Å². The van der Waals surface area contributed by atoms with Crippen LogP contribution in [-0.4, -0.2) is 158 Å². The average molecular weight is 643 g/mol. The Morgan fingerprint density at radius 3 is 0.886 bits per heavy atom. The van der Waals surface area contributed by atoms with Gasteiger partial charge in [-0.3, -0.25) is 0 Å². The summed E-state index contributed by atoms with van der Waals surface area (Å²) < 4.78 is 64.1. The van der Waals surface area contributed by atoms with Gasteiger partial charge in [-0.1, -0.05) is 39.0 Å². The van der Waals surface area contributed by atoms with Gasteiger partial charge in [-0.15, -0.1) is 0 Å². The summed E-state index contributed by atoms with van der Waals surface area (Å²) in [5, 5.41) is 0. The summed E-state index contributed by atoms with van der Waals surface area (Å²) in [4.78, 5) is 10.9. The molecule has 0 spiro atoms. The summed E-state index contributed by atoms with van der Waals surface area (Å²) in [6.45, 7) is 13.1. The van der Waals surface area contributed by atoms with Crippen molar-refractivity contribution in [2.75, 3.05) is 152 Å². The Kier molecular flexibility index (Phi) is 39.2. The summed E-state index contributed by atoms with van der Waals surface area (Å²) in [7, 11) is 1.32. The lowest BCUT2D eigenvalue weighted by Crippen LogP contribution is -2.16.